The van der Waals surface area contributed by atoms with Gasteiger partial charge < -0.3 is 19.5 Å². The van der Waals surface area contributed by atoms with Crippen molar-refractivity contribution in [3.05, 3.63) is 83.7 Å². The first-order chi connectivity index (χ1) is 14.1. The van der Waals surface area contributed by atoms with E-state index < -0.39 is 23.4 Å². The number of carbonyl (C=O) groups excluding carboxylic acids is 1. The highest BCUT2D eigenvalue weighted by molar-refractivity contribution is 5.90. The van der Waals surface area contributed by atoms with E-state index in [4.69, 9.17) is 4.74 Å². The number of rotatable bonds is 4. The number of nitrogens with one attached hydrogen (secondary N) is 1. The number of hydrogen-bond acceptors (Lipinski definition) is 2. The van der Waals surface area contributed by atoms with Crippen LogP contribution in [0.2, 0.25) is 0 Å². The molecule has 2 aromatic carbocycles. The fourth-order valence-electron chi connectivity index (χ4n) is 3.66. The van der Waals surface area contributed by atoms with Gasteiger partial charge in [0.15, 0.2) is 0 Å². The number of anilines is 1. The third kappa shape index (κ3) is 3.68. The second-order valence-electron chi connectivity index (χ2n) is 6.75. The van der Waals surface area contributed by atoms with Crippen LogP contribution in [0.5, 0.6) is 5.75 Å². The van der Waals surface area contributed by atoms with Crippen LogP contribution in [0.15, 0.2) is 60.8 Å². The maximum Gasteiger partial charge on any atom is 0.322 e. The van der Waals surface area contributed by atoms with Crippen LogP contribution >= 0.6 is 0 Å². The van der Waals surface area contributed by atoms with E-state index in [1.54, 1.807) is 4.90 Å². The summed E-state index contributed by atoms with van der Waals surface area (Å²) in [6, 6.07) is 13.9. The summed E-state index contributed by atoms with van der Waals surface area (Å²) in [7, 11) is 0. The number of amides is 2. The van der Waals surface area contributed by atoms with Gasteiger partial charge in [0.05, 0.1) is 12.6 Å². The van der Waals surface area contributed by atoms with Crippen LogP contribution in [-0.4, -0.2) is 28.6 Å². The van der Waals surface area contributed by atoms with Gasteiger partial charge in [0, 0.05) is 25.0 Å². The van der Waals surface area contributed by atoms with Gasteiger partial charge in [-0.2, -0.15) is 0 Å². The van der Waals surface area contributed by atoms with Gasteiger partial charge in [-0.15, -0.1) is 0 Å². The molecule has 4 rings (SSSR count). The van der Waals surface area contributed by atoms with E-state index in [-0.39, 0.29) is 6.04 Å². The number of para-hydroxylation sites is 1. The molecular formula is C22H21F2N3O2. The van der Waals surface area contributed by atoms with Crippen molar-refractivity contribution in [2.75, 3.05) is 18.5 Å². The van der Waals surface area contributed by atoms with Gasteiger partial charge in [-0.3, -0.25) is 0 Å². The molecule has 1 aliphatic rings. The van der Waals surface area contributed by atoms with Crippen molar-refractivity contribution in [2.24, 2.45) is 0 Å². The summed E-state index contributed by atoms with van der Waals surface area (Å²) in [4.78, 5) is 14.6. The Morgan fingerprint density at radius 2 is 1.79 bits per heavy atom. The second-order valence-corrected chi connectivity index (χ2v) is 6.75. The first-order valence-electron chi connectivity index (χ1n) is 9.48. The van der Waals surface area contributed by atoms with Gasteiger partial charge in [-0.25, -0.2) is 13.6 Å². The van der Waals surface area contributed by atoms with Gasteiger partial charge >= 0.3 is 6.03 Å². The fraction of sp³-hybridized carbons (Fsp3) is 0.227. The van der Waals surface area contributed by atoms with E-state index in [9.17, 15) is 13.6 Å². The first-order valence-corrected chi connectivity index (χ1v) is 9.48. The van der Waals surface area contributed by atoms with Gasteiger partial charge in [-0.05, 0) is 48.9 Å². The Balaban J connectivity index is 1.67. The molecule has 0 saturated heterocycles. The maximum atomic E-state index is 14.0. The summed E-state index contributed by atoms with van der Waals surface area (Å²) in [5.74, 6) is -0.875. The highest BCUT2D eigenvalue weighted by Gasteiger charge is 2.32. The summed E-state index contributed by atoms with van der Waals surface area (Å²) in [6.07, 6.45) is 1.96. The Kier molecular flexibility index (Phi) is 5.20. The van der Waals surface area contributed by atoms with E-state index in [0.717, 1.165) is 29.1 Å². The van der Waals surface area contributed by atoms with E-state index in [1.807, 2.05) is 49.5 Å². The number of nitrogens with zero attached hydrogens (tertiary/aromatic N) is 2. The minimum atomic E-state index is -0.809. The molecule has 5 nitrogen and oxygen atoms in total. The third-order valence-electron chi connectivity index (χ3n) is 5.00. The standard InChI is InChI=1S/C22H21F2N3O2/c1-2-29-16-10-8-15(9-11-16)21-19-7-4-12-26(19)13-14-27(21)22(28)25-20-17(23)5-3-6-18(20)24/h3-12,21H,2,13-14H2,1H3,(H,25,28)/t21-/m0/s1. The van der Waals surface area contributed by atoms with Gasteiger partial charge in [-0.1, -0.05) is 18.2 Å². The highest BCUT2D eigenvalue weighted by Crippen LogP contribution is 2.34. The minimum absolute atomic E-state index is 0.385. The van der Waals surface area contributed by atoms with Crippen LogP contribution in [0.1, 0.15) is 24.2 Å². The lowest BCUT2D eigenvalue weighted by Crippen LogP contribution is -2.44. The van der Waals surface area contributed by atoms with Crippen molar-refractivity contribution in [3.63, 3.8) is 0 Å². The van der Waals surface area contributed by atoms with E-state index in [1.165, 1.54) is 6.07 Å². The molecule has 2 amide bonds. The zero-order valence-electron chi connectivity index (χ0n) is 15.9. The predicted octanol–water partition coefficient (Wildman–Crippen LogP) is 4.80. The lowest BCUT2D eigenvalue weighted by Gasteiger charge is -2.37. The lowest BCUT2D eigenvalue weighted by atomic mass is 10.00. The summed E-state index contributed by atoms with van der Waals surface area (Å²) >= 11 is 0. The quantitative estimate of drug-likeness (QED) is 0.687. The summed E-state index contributed by atoms with van der Waals surface area (Å²) in [5, 5.41) is 2.41. The van der Waals surface area contributed by atoms with Crippen LogP contribution < -0.4 is 10.1 Å². The largest absolute Gasteiger partial charge is 0.494 e. The number of hydrogen-bond donors (Lipinski definition) is 1. The van der Waals surface area contributed by atoms with Crippen LogP contribution in [0.4, 0.5) is 19.3 Å². The van der Waals surface area contributed by atoms with Crippen molar-refractivity contribution in [3.8, 4) is 5.75 Å². The molecule has 150 valence electrons. The molecule has 0 saturated carbocycles. The average molecular weight is 397 g/mol. The second kappa shape index (κ2) is 7.95. The molecule has 1 atom stereocenters. The normalized spacial score (nSPS) is 15.7. The van der Waals surface area contributed by atoms with Crippen molar-refractivity contribution in [1.29, 1.82) is 0 Å². The Hall–Kier alpha value is -3.35. The number of carbonyl (C=O) groups is 1. The number of benzene rings is 2. The van der Waals surface area contributed by atoms with Crippen LogP contribution in [0, 0.1) is 11.6 Å². The Labute approximate surface area is 167 Å². The highest BCUT2D eigenvalue weighted by atomic mass is 19.1. The molecule has 3 aromatic rings. The molecule has 29 heavy (non-hydrogen) atoms. The zero-order valence-corrected chi connectivity index (χ0v) is 15.9. The maximum absolute atomic E-state index is 14.0. The molecule has 0 spiro atoms. The van der Waals surface area contributed by atoms with E-state index >= 15 is 0 Å². The summed E-state index contributed by atoms with van der Waals surface area (Å²) in [5.41, 5.74) is 1.38. The molecule has 7 heteroatoms. The number of fused-ring (bicyclic) bond motifs is 1. The molecule has 0 fully saturated rings. The van der Waals surface area contributed by atoms with Gasteiger partial charge in [0.25, 0.3) is 0 Å². The zero-order chi connectivity index (χ0) is 20.4. The third-order valence-corrected chi connectivity index (χ3v) is 5.00. The monoisotopic (exact) mass is 397 g/mol. The van der Waals surface area contributed by atoms with Crippen molar-refractivity contribution in [2.45, 2.75) is 19.5 Å². The van der Waals surface area contributed by atoms with Crippen LogP contribution in [0.25, 0.3) is 0 Å². The van der Waals surface area contributed by atoms with Gasteiger partial charge in [0.2, 0.25) is 0 Å². The Morgan fingerprint density at radius 1 is 1.07 bits per heavy atom. The smallest absolute Gasteiger partial charge is 0.322 e. The molecule has 2 heterocycles. The molecule has 1 aliphatic heterocycles. The molecule has 0 aliphatic carbocycles. The van der Waals surface area contributed by atoms with E-state index in [0.29, 0.717) is 19.7 Å². The first kappa shape index (κ1) is 19.0. The Morgan fingerprint density at radius 3 is 2.48 bits per heavy atom. The molecule has 1 aromatic heterocycles. The van der Waals surface area contributed by atoms with Gasteiger partial charge in [0.1, 0.15) is 23.1 Å². The van der Waals surface area contributed by atoms with Crippen molar-refractivity contribution < 1.29 is 18.3 Å². The van der Waals surface area contributed by atoms with Crippen LogP contribution in [0.3, 0.4) is 0 Å². The molecule has 1 N–H and O–H groups in total. The van der Waals surface area contributed by atoms with Crippen LogP contribution in [-0.2, 0) is 6.54 Å². The topological polar surface area (TPSA) is 46.5 Å². The number of aromatic nitrogens is 1. The number of halogens is 2. The number of urea groups is 1. The van der Waals surface area contributed by atoms with Crippen molar-refractivity contribution >= 4 is 11.7 Å². The summed E-state index contributed by atoms with van der Waals surface area (Å²) < 4.78 is 35.6. The summed E-state index contributed by atoms with van der Waals surface area (Å²) in [6.45, 7) is 3.48. The number of ether oxygens (including phenoxy) is 1. The lowest BCUT2D eigenvalue weighted by molar-refractivity contribution is 0.181. The van der Waals surface area contributed by atoms with E-state index in [2.05, 4.69) is 9.88 Å². The molecule has 0 bridgehead atoms. The molecular weight excluding hydrogens is 376 g/mol. The fourth-order valence-corrected chi connectivity index (χ4v) is 3.66. The Bertz CT molecular complexity index is 997. The minimum Gasteiger partial charge on any atom is -0.494 e. The molecule has 0 unspecified atom stereocenters. The molecule has 0 radical (unpaired) electrons. The predicted molar refractivity (Wildman–Crippen MR) is 106 cm³/mol. The SMILES string of the molecule is CCOc1ccc([C@H]2c3cccn3CCN2C(=O)Nc2c(F)cccc2F)cc1. The average Bonchev–Trinajstić information content (AvgIpc) is 3.20. The van der Waals surface area contributed by atoms with Crippen molar-refractivity contribution in [1.82, 2.24) is 9.47 Å².